The van der Waals surface area contributed by atoms with Crippen LogP contribution in [0, 0.1) is 17.3 Å². The summed E-state index contributed by atoms with van der Waals surface area (Å²) in [5, 5.41) is 13.1. The van der Waals surface area contributed by atoms with Gasteiger partial charge in [-0.3, -0.25) is 4.79 Å². The maximum atomic E-state index is 11.9. The number of hydrogen-bond donors (Lipinski definition) is 3. The largest absolute Gasteiger partial charge is 0.433 e. The highest BCUT2D eigenvalue weighted by Gasteiger charge is 2.57. The van der Waals surface area contributed by atoms with Crippen LogP contribution in [0.5, 0.6) is 0 Å². The smallest absolute Gasteiger partial charge is 0.313 e. The molecule has 0 saturated heterocycles. The molecule has 0 aromatic carbocycles. The predicted octanol–water partition coefficient (Wildman–Crippen LogP) is 2.64. The summed E-state index contributed by atoms with van der Waals surface area (Å²) in [6.07, 6.45) is 5.56. The summed E-state index contributed by atoms with van der Waals surface area (Å²) >= 11 is 4.38. The summed E-state index contributed by atoms with van der Waals surface area (Å²) in [7, 11) is 1.48. The van der Waals surface area contributed by atoms with Gasteiger partial charge in [-0.25, -0.2) is 0 Å². The fraction of sp³-hybridized carbons (Fsp3) is 0.923. The molecule has 0 aromatic heterocycles. The van der Waals surface area contributed by atoms with Crippen molar-refractivity contribution in [3.05, 3.63) is 0 Å². The van der Waals surface area contributed by atoms with Gasteiger partial charge in [-0.1, -0.05) is 32.7 Å². The first-order chi connectivity index (χ1) is 9.70. The number of carbonyl (C=O) groups excluding carboxylic acids is 1. The molecule has 3 rings (SSSR count). The molecule has 0 aromatic rings. The van der Waals surface area contributed by atoms with E-state index in [0.717, 1.165) is 12.8 Å². The normalized spacial score (nSPS) is 37.8. The lowest BCUT2D eigenvalue weighted by Crippen LogP contribution is -2.61. The number of aliphatic hydroxyl groups is 1. The minimum Gasteiger partial charge on any atom is -0.433 e. The number of amides is 1. The predicted molar refractivity (Wildman–Crippen MR) is 96.0 cm³/mol. The fourth-order valence-electron chi connectivity index (χ4n) is 3.36. The number of aliphatic hydroxyl groups excluding tert-OH is 1. The number of hydrogen-bond acceptors (Lipinski definition) is 5. The van der Waals surface area contributed by atoms with Gasteiger partial charge in [0.25, 0.3) is 5.24 Å². The van der Waals surface area contributed by atoms with E-state index in [1.54, 1.807) is 7.48 Å². The topological polar surface area (TPSA) is 58.6 Å². The van der Waals surface area contributed by atoms with Crippen LogP contribution in [0.1, 0.15) is 26.7 Å². The van der Waals surface area contributed by atoms with Crippen LogP contribution in [0.15, 0.2) is 0 Å². The highest BCUT2D eigenvalue weighted by atomic mass is 33.5. The van der Waals surface area contributed by atoms with Crippen LogP contribution in [0.4, 0.5) is 4.79 Å². The Balaban J connectivity index is 1.70. The van der Waals surface area contributed by atoms with E-state index in [4.69, 9.17) is 4.65 Å². The van der Waals surface area contributed by atoms with E-state index in [1.165, 1.54) is 10.8 Å². The number of carbonyl (C=O) groups is 1. The molecule has 0 heterocycles. The molecule has 2 bridgehead atoms. The molecule has 5 unspecified atom stereocenters. The SMILES string of the molecule is CSS(C)(S)C(=O)NC[B]OC1CC2CC(C1O)C2(C)C. The molecule has 8 heteroatoms. The maximum absolute atomic E-state index is 11.9. The molecular weight excluding hydrogens is 325 g/mol. The third-order valence-corrected chi connectivity index (χ3v) is 10.8. The van der Waals surface area contributed by atoms with Crippen LogP contribution < -0.4 is 5.32 Å². The van der Waals surface area contributed by atoms with E-state index in [-0.39, 0.29) is 16.8 Å². The van der Waals surface area contributed by atoms with Crippen molar-refractivity contribution in [2.45, 2.75) is 38.9 Å². The first kappa shape index (κ1) is 17.9. The van der Waals surface area contributed by atoms with Crippen LogP contribution >= 0.6 is 30.5 Å². The molecule has 3 aliphatic rings. The second kappa shape index (κ2) is 6.55. The minimum absolute atomic E-state index is 0.0497. The van der Waals surface area contributed by atoms with Crippen LogP contribution in [0.3, 0.4) is 0 Å². The molecule has 1 radical (unpaired) electrons. The molecule has 0 spiro atoms. The minimum atomic E-state index is -1.60. The van der Waals surface area contributed by atoms with Crippen molar-refractivity contribution in [1.82, 2.24) is 5.32 Å². The van der Waals surface area contributed by atoms with E-state index in [1.807, 2.05) is 12.5 Å². The highest BCUT2D eigenvalue weighted by molar-refractivity contribution is 9.26. The Bertz CT molecular complexity index is 408. The van der Waals surface area contributed by atoms with Crippen molar-refractivity contribution in [3.63, 3.8) is 0 Å². The van der Waals surface area contributed by atoms with Crippen LogP contribution in [0.2, 0.25) is 0 Å². The van der Waals surface area contributed by atoms with E-state index in [2.05, 4.69) is 30.8 Å². The van der Waals surface area contributed by atoms with Gasteiger partial charge in [-0.05, 0) is 42.6 Å². The zero-order valence-electron chi connectivity index (χ0n) is 13.0. The number of nitrogens with one attached hydrogen (secondary N) is 1. The van der Waals surface area contributed by atoms with Gasteiger partial charge < -0.3 is 15.1 Å². The third kappa shape index (κ3) is 3.55. The first-order valence-electron chi connectivity index (χ1n) is 7.19. The second-order valence-electron chi connectivity index (χ2n) is 6.57. The third-order valence-electron chi connectivity index (χ3n) is 5.13. The number of rotatable bonds is 5. The van der Waals surface area contributed by atoms with Crippen LogP contribution in [0.25, 0.3) is 0 Å². The van der Waals surface area contributed by atoms with Crippen molar-refractivity contribution in [3.8, 4) is 0 Å². The van der Waals surface area contributed by atoms with Gasteiger partial charge in [0, 0.05) is 6.44 Å². The Morgan fingerprint density at radius 3 is 2.76 bits per heavy atom. The Labute approximate surface area is 138 Å². The monoisotopic (exact) mass is 350 g/mol. The molecule has 121 valence electrons. The summed E-state index contributed by atoms with van der Waals surface area (Å²) in [5.74, 6) is 0.978. The fourth-order valence-corrected chi connectivity index (χ4v) is 4.68. The molecule has 5 atom stereocenters. The Kier molecular flexibility index (Phi) is 5.57. The molecule has 3 saturated carbocycles. The lowest BCUT2D eigenvalue weighted by molar-refractivity contribution is -0.185. The summed E-state index contributed by atoms with van der Waals surface area (Å²) < 4.78 is 5.67. The summed E-state index contributed by atoms with van der Waals surface area (Å²) in [4.78, 5) is 11.9. The standard InChI is InChI=1S/C13H25BNO3S3/c1-13(2)8-5-9(13)11(16)10(6-8)18-14-7-15-12(17)21(4,19)20-3/h8-11,16,19H,5-7H2,1-4H3,(H,15,17). The van der Waals surface area contributed by atoms with Crippen molar-refractivity contribution < 1.29 is 14.6 Å². The Morgan fingerprint density at radius 1 is 1.57 bits per heavy atom. The van der Waals surface area contributed by atoms with Crippen LogP contribution in [-0.2, 0) is 4.65 Å². The molecule has 0 aliphatic heterocycles. The lowest BCUT2D eigenvalue weighted by Gasteiger charge is -2.60. The Morgan fingerprint density at radius 2 is 2.24 bits per heavy atom. The average molecular weight is 350 g/mol. The zero-order chi connectivity index (χ0) is 15.8. The molecule has 3 aliphatic carbocycles. The van der Waals surface area contributed by atoms with Crippen molar-refractivity contribution >= 4 is 43.3 Å². The van der Waals surface area contributed by atoms with Crippen molar-refractivity contribution in [2.24, 2.45) is 17.3 Å². The maximum Gasteiger partial charge on any atom is 0.313 e. The average Bonchev–Trinajstić information content (AvgIpc) is 2.43. The summed E-state index contributed by atoms with van der Waals surface area (Å²) in [6.45, 7) is 4.46. The molecule has 21 heavy (non-hydrogen) atoms. The van der Waals surface area contributed by atoms with E-state index < -0.39 is 14.2 Å². The highest BCUT2D eigenvalue weighted by Crippen LogP contribution is 2.60. The van der Waals surface area contributed by atoms with E-state index in [9.17, 15) is 9.90 Å². The Hall–Kier alpha value is 0.505. The van der Waals surface area contributed by atoms with Crippen molar-refractivity contribution in [2.75, 3.05) is 19.0 Å². The van der Waals surface area contributed by atoms with Gasteiger partial charge in [-0.2, -0.15) is 0 Å². The molecular formula is C13H25BNO3S3. The van der Waals surface area contributed by atoms with Gasteiger partial charge in [0.05, 0.1) is 12.2 Å². The van der Waals surface area contributed by atoms with Gasteiger partial charge in [0.1, 0.15) is 0 Å². The van der Waals surface area contributed by atoms with E-state index in [0.29, 0.717) is 18.3 Å². The molecule has 1 amide bonds. The van der Waals surface area contributed by atoms with Gasteiger partial charge in [0.15, 0.2) is 0 Å². The van der Waals surface area contributed by atoms with Crippen LogP contribution in [-0.4, -0.2) is 49.0 Å². The quantitative estimate of drug-likeness (QED) is 0.309. The number of fused-ring (bicyclic) bond motifs is 2. The molecule has 4 nitrogen and oxygen atoms in total. The summed E-state index contributed by atoms with van der Waals surface area (Å²) in [6, 6.07) is 0. The second-order valence-corrected chi connectivity index (χ2v) is 14.8. The first-order valence-corrected chi connectivity index (χ1v) is 12.0. The zero-order valence-corrected chi connectivity index (χ0v) is 15.6. The lowest BCUT2D eigenvalue weighted by atomic mass is 9.47. The summed E-state index contributed by atoms with van der Waals surface area (Å²) in [5.41, 5.74) is 0.239. The van der Waals surface area contributed by atoms with Gasteiger partial charge in [0.2, 0.25) is 0 Å². The van der Waals surface area contributed by atoms with Gasteiger partial charge >= 0.3 is 7.48 Å². The van der Waals surface area contributed by atoms with E-state index >= 15 is 0 Å². The van der Waals surface area contributed by atoms with Gasteiger partial charge in [-0.15, -0.1) is 11.7 Å². The number of thiol groups is 1. The molecule has 2 N–H and O–H groups in total. The van der Waals surface area contributed by atoms with Crippen molar-refractivity contribution in [1.29, 1.82) is 0 Å². The molecule has 3 fully saturated rings.